The van der Waals surface area contributed by atoms with Gasteiger partial charge in [-0.05, 0) is 0 Å². The molecular formula is C5H5ClN2O2S. The maximum Gasteiger partial charge on any atom is 0.359 e. The second kappa shape index (κ2) is 3.06. The molecule has 0 spiro atoms. The summed E-state index contributed by atoms with van der Waals surface area (Å²) in [5.41, 5.74) is 5.47. The van der Waals surface area contributed by atoms with E-state index < -0.39 is 5.97 Å². The molecule has 11 heavy (non-hydrogen) atoms. The summed E-state index contributed by atoms with van der Waals surface area (Å²) in [4.78, 5) is 14.5. The molecule has 0 aliphatic rings. The van der Waals surface area contributed by atoms with Crippen molar-refractivity contribution in [2.75, 3.05) is 12.8 Å². The van der Waals surface area contributed by atoms with E-state index in [9.17, 15) is 4.79 Å². The lowest BCUT2D eigenvalue weighted by Gasteiger charge is -1.92. The van der Waals surface area contributed by atoms with E-state index in [0.29, 0.717) is 0 Å². The monoisotopic (exact) mass is 192 g/mol. The van der Waals surface area contributed by atoms with Crippen molar-refractivity contribution in [3.8, 4) is 0 Å². The van der Waals surface area contributed by atoms with E-state index in [-0.39, 0.29) is 15.2 Å². The van der Waals surface area contributed by atoms with Crippen LogP contribution >= 0.6 is 22.9 Å². The molecule has 0 aliphatic heterocycles. The Morgan fingerprint density at radius 1 is 1.82 bits per heavy atom. The molecule has 0 aromatic carbocycles. The summed E-state index contributed by atoms with van der Waals surface area (Å²) in [5.74, 6) is -0.564. The molecule has 0 amide bonds. The van der Waals surface area contributed by atoms with Gasteiger partial charge in [-0.1, -0.05) is 22.9 Å². The van der Waals surface area contributed by atoms with Crippen molar-refractivity contribution >= 4 is 33.9 Å². The smallest absolute Gasteiger partial charge is 0.359 e. The lowest BCUT2D eigenvalue weighted by molar-refractivity contribution is 0.0596. The third-order valence-electron chi connectivity index (χ3n) is 1.01. The van der Waals surface area contributed by atoms with Crippen LogP contribution in [-0.4, -0.2) is 18.1 Å². The number of anilines is 1. The number of halogens is 1. The summed E-state index contributed by atoms with van der Waals surface area (Å²) < 4.78 is 4.64. The van der Waals surface area contributed by atoms with Gasteiger partial charge in [0, 0.05) is 0 Å². The number of nitrogen functional groups attached to an aromatic ring is 1. The SMILES string of the molecule is COC(=O)c1nc(Cl)sc1N. The number of esters is 1. The fraction of sp³-hybridized carbons (Fsp3) is 0.200. The van der Waals surface area contributed by atoms with Crippen LogP contribution in [0.25, 0.3) is 0 Å². The average Bonchev–Trinajstić information content (AvgIpc) is 2.28. The average molecular weight is 193 g/mol. The largest absolute Gasteiger partial charge is 0.464 e. The zero-order valence-corrected chi connectivity index (χ0v) is 7.20. The fourth-order valence-corrected chi connectivity index (χ4v) is 1.43. The summed E-state index contributed by atoms with van der Waals surface area (Å²) in [6.07, 6.45) is 0. The van der Waals surface area contributed by atoms with Crippen LogP contribution in [0.15, 0.2) is 0 Å². The van der Waals surface area contributed by atoms with Crippen molar-refractivity contribution in [1.29, 1.82) is 0 Å². The minimum atomic E-state index is -0.564. The highest BCUT2D eigenvalue weighted by molar-refractivity contribution is 7.19. The number of carbonyl (C=O) groups excluding carboxylic acids is 1. The predicted molar refractivity (Wildman–Crippen MR) is 42.9 cm³/mol. The minimum absolute atomic E-state index is 0.0856. The molecule has 1 aromatic rings. The summed E-state index contributed by atoms with van der Waals surface area (Å²) in [6.45, 7) is 0. The molecule has 0 atom stereocenters. The Bertz CT molecular complexity index is 286. The molecule has 0 fully saturated rings. The third kappa shape index (κ3) is 1.61. The van der Waals surface area contributed by atoms with Gasteiger partial charge in [0.25, 0.3) is 0 Å². The van der Waals surface area contributed by atoms with Gasteiger partial charge in [-0.15, -0.1) is 0 Å². The zero-order chi connectivity index (χ0) is 8.43. The Morgan fingerprint density at radius 3 is 2.82 bits per heavy atom. The second-order valence-corrected chi connectivity index (χ2v) is 3.28. The van der Waals surface area contributed by atoms with Crippen LogP contribution in [0, 0.1) is 0 Å². The number of aromatic nitrogens is 1. The highest BCUT2D eigenvalue weighted by Crippen LogP contribution is 2.25. The molecular weight excluding hydrogens is 188 g/mol. The van der Waals surface area contributed by atoms with Gasteiger partial charge < -0.3 is 10.5 Å². The van der Waals surface area contributed by atoms with Gasteiger partial charge in [0.1, 0.15) is 5.00 Å². The minimum Gasteiger partial charge on any atom is -0.464 e. The van der Waals surface area contributed by atoms with Crippen LogP contribution in [0.3, 0.4) is 0 Å². The van der Waals surface area contributed by atoms with Gasteiger partial charge in [0.2, 0.25) is 0 Å². The lowest BCUT2D eigenvalue weighted by atomic mass is 10.5. The molecule has 0 aliphatic carbocycles. The fourth-order valence-electron chi connectivity index (χ4n) is 0.548. The van der Waals surface area contributed by atoms with Crippen molar-refractivity contribution in [1.82, 2.24) is 4.98 Å². The van der Waals surface area contributed by atoms with Crippen LogP contribution in [0.1, 0.15) is 10.5 Å². The number of ether oxygens (including phenoxy) is 1. The Kier molecular flexibility index (Phi) is 2.31. The summed E-state index contributed by atoms with van der Waals surface area (Å²) in [6, 6.07) is 0. The molecule has 0 unspecified atom stereocenters. The lowest BCUT2D eigenvalue weighted by Crippen LogP contribution is -2.04. The summed E-state index contributed by atoms with van der Waals surface area (Å²) >= 11 is 6.53. The molecule has 0 radical (unpaired) electrons. The molecule has 0 saturated heterocycles. The van der Waals surface area contributed by atoms with Crippen molar-refractivity contribution in [3.05, 3.63) is 10.2 Å². The van der Waals surface area contributed by atoms with E-state index in [1.807, 2.05) is 0 Å². The number of hydrogen-bond acceptors (Lipinski definition) is 5. The molecule has 1 rings (SSSR count). The number of carbonyl (C=O) groups is 1. The molecule has 1 aromatic heterocycles. The molecule has 2 N–H and O–H groups in total. The second-order valence-electron chi connectivity index (χ2n) is 1.67. The van der Waals surface area contributed by atoms with Crippen LogP contribution in [-0.2, 0) is 4.74 Å². The maximum atomic E-state index is 10.8. The first-order chi connectivity index (χ1) is 5.15. The van der Waals surface area contributed by atoms with Crippen molar-refractivity contribution in [2.45, 2.75) is 0 Å². The Balaban J connectivity index is 3.03. The van der Waals surface area contributed by atoms with Crippen LogP contribution in [0.4, 0.5) is 5.00 Å². The van der Waals surface area contributed by atoms with Gasteiger partial charge >= 0.3 is 5.97 Å². The summed E-state index contributed by atoms with van der Waals surface area (Å²) in [7, 11) is 1.26. The number of rotatable bonds is 1. The molecule has 60 valence electrons. The van der Waals surface area contributed by atoms with E-state index >= 15 is 0 Å². The van der Waals surface area contributed by atoms with Gasteiger partial charge in [0.05, 0.1) is 7.11 Å². The van der Waals surface area contributed by atoms with Crippen LogP contribution in [0.5, 0.6) is 0 Å². The number of hydrogen-bond donors (Lipinski definition) is 1. The van der Waals surface area contributed by atoms with Crippen molar-refractivity contribution < 1.29 is 9.53 Å². The highest BCUT2D eigenvalue weighted by Gasteiger charge is 2.15. The predicted octanol–water partition coefficient (Wildman–Crippen LogP) is 1.17. The van der Waals surface area contributed by atoms with E-state index in [1.165, 1.54) is 7.11 Å². The standard InChI is InChI=1S/C5H5ClN2O2S/c1-10-4(9)2-3(7)11-5(6)8-2/h7H2,1H3. The van der Waals surface area contributed by atoms with Crippen LogP contribution in [0.2, 0.25) is 4.47 Å². The number of nitrogens with zero attached hydrogens (tertiary/aromatic N) is 1. The summed E-state index contributed by atoms with van der Waals surface area (Å²) in [5, 5.41) is 0.279. The molecule has 0 bridgehead atoms. The number of methoxy groups -OCH3 is 1. The number of nitrogens with two attached hydrogens (primary N) is 1. The first-order valence-electron chi connectivity index (χ1n) is 2.65. The Morgan fingerprint density at radius 2 is 2.45 bits per heavy atom. The van der Waals surface area contributed by atoms with E-state index in [4.69, 9.17) is 17.3 Å². The van der Waals surface area contributed by atoms with Gasteiger partial charge in [0.15, 0.2) is 10.2 Å². The van der Waals surface area contributed by atoms with E-state index in [2.05, 4.69) is 9.72 Å². The Hall–Kier alpha value is -0.810. The zero-order valence-electron chi connectivity index (χ0n) is 5.63. The number of thiazole rings is 1. The normalized spacial score (nSPS) is 9.64. The van der Waals surface area contributed by atoms with Crippen molar-refractivity contribution in [2.24, 2.45) is 0 Å². The molecule has 1 heterocycles. The molecule has 0 saturated carbocycles. The topological polar surface area (TPSA) is 65.2 Å². The highest BCUT2D eigenvalue weighted by atomic mass is 35.5. The Labute approximate surface area is 71.9 Å². The molecule has 6 heteroatoms. The van der Waals surface area contributed by atoms with Crippen molar-refractivity contribution in [3.63, 3.8) is 0 Å². The maximum absolute atomic E-state index is 10.8. The van der Waals surface area contributed by atoms with Gasteiger partial charge in [-0.3, -0.25) is 0 Å². The van der Waals surface area contributed by atoms with Gasteiger partial charge in [-0.2, -0.15) is 0 Å². The molecule has 4 nitrogen and oxygen atoms in total. The first kappa shape index (κ1) is 8.29. The van der Waals surface area contributed by atoms with E-state index in [0.717, 1.165) is 11.3 Å². The van der Waals surface area contributed by atoms with E-state index in [1.54, 1.807) is 0 Å². The first-order valence-corrected chi connectivity index (χ1v) is 3.84. The van der Waals surface area contributed by atoms with Gasteiger partial charge in [-0.25, -0.2) is 9.78 Å². The third-order valence-corrected chi connectivity index (χ3v) is 1.99. The quantitative estimate of drug-likeness (QED) is 0.679. The van der Waals surface area contributed by atoms with Crippen LogP contribution < -0.4 is 5.73 Å².